The van der Waals surface area contributed by atoms with Crippen LogP contribution in [0.1, 0.15) is 22.8 Å². The predicted molar refractivity (Wildman–Crippen MR) is 118 cm³/mol. The number of nitro groups is 1. The van der Waals surface area contributed by atoms with Gasteiger partial charge in [0.1, 0.15) is 17.0 Å². The number of ketones is 1. The maximum Gasteiger partial charge on any atom is 0.349 e. The number of non-ortho nitro benzene ring substituents is 1. The lowest BCUT2D eigenvalue weighted by Crippen LogP contribution is -2.33. The molecule has 2 aliphatic heterocycles. The van der Waals surface area contributed by atoms with E-state index in [4.69, 9.17) is 4.74 Å². The first-order valence-electron chi connectivity index (χ1n) is 9.88. The van der Waals surface area contributed by atoms with E-state index in [9.17, 15) is 29.3 Å². The molecule has 2 aromatic carbocycles. The lowest BCUT2D eigenvalue weighted by atomic mass is 10.0. The third-order valence-electron chi connectivity index (χ3n) is 5.01. The molecule has 0 atom stereocenters. The number of para-hydroxylation sites is 1. The molecule has 4 rings (SSSR count). The van der Waals surface area contributed by atoms with Crippen molar-refractivity contribution in [1.82, 2.24) is 9.80 Å². The number of fused-ring (bicyclic) bond motifs is 1. The fraction of sp³-hybridized carbons (Fsp3) is 0.0870. The average Bonchev–Trinajstić information content (AvgIpc) is 3.00. The van der Waals surface area contributed by atoms with Gasteiger partial charge in [0.05, 0.1) is 10.5 Å². The van der Waals surface area contributed by atoms with Gasteiger partial charge in [-0.2, -0.15) is 4.99 Å². The van der Waals surface area contributed by atoms with Crippen molar-refractivity contribution in [2.24, 2.45) is 4.99 Å². The van der Waals surface area contributed by atoms with Crippen LogP contribution < -0.4 is 4.74 Å². The second-order valence-corrected chi connectivity index (χ2v) is 7.30. The van der Waals surface area contributed by atoms with Crippen LogP contribution in [0.15, 0.2) is 71.0 Å². The third-order valence-corrected chi connectivity index (χ3v) is 5.01. The molecule has 0 N–H and O–H groups in total. The number of guanidine groups is 1. The van der Waals surface area contributed by atoms with Crippen LogP contribution in [-0.4, -0.2) is 51.3 Å². The van der Waals surface area contributed by atoms with Crippen molar-refractivity contribution in [2.75, 3.05) is 7.05 Å². The molecule has 2 amide bonds. The summed E-state index contributed by atoms with van der Waals surface area (Å²) in [5.74, 6) is -3.00. The molecule has 2 heterocycles. The van der Waals surface area contributed by atoms with Gasteiger partial charge in [0.2, 0.25) is 17.6 Å². The molecule has 11 heteroatoms. The highest BCUT2D eigenvalue weighted by Crippen LogP contribution is 2.30. The zero-order valence-electron chi connectivity index (χ0n) is 17.9. The summed E-state index contributed by atoms with van der Waals surface area (Å²) < 4.78 is 5.20. The van der Waals surface area contributed by atoms with Gasteiger partial charge >= 0.3 is 5.97 Å². The Morgan fingerprint density at radius 2 is 1.85 bits per heavy atom. The number of carbonyl (C=O) groups excluding carboxylic acids is 4. The molecule has 1 saturated heterocycles. The van der Waals surface area contributed by atoms with Gasteiger partial charge in [-0.15, -0.1) is 0 Å². The van der Waals surface area contributed by atoms with Gasteiger partial charge in [-0.05, 0) is 23.8 Å². The van der Waals surface area contributed by atoms with Crippen LogP contribution in [0, 0.1) is 10.1 Å². The molecule has 0 aromatic heterocycles. The van der Waals surface area contributed by atoms with E-state index in [1.54, 1.807) is 18.2 Å². The lowest BCUT2D eigenvalue weighted by Gasteiger charge is -2.19. The smallest absolute Gasteiger partial charge is 0.349 e. The van der Waals surface area contributed by atoms with E-state index in [1.807, 2.05) is 0 Å². The number of benzene rings is 2. The first-order chi connectivity index (χ1) is 16.2. The number of esters is 1. The van der Waals surface area contributed by atoms with E-state index in [1.165, 1.54) is 55.3 Å². The molecule has 0 unspecified atom stereocenters. The Hall–Kier alpha value is -4.93. The van der Waals surface area contributed by atoms with Crippen LogP contribution >= 0.6 is 0 Å². The molecule has 2 aromatic rings. The summed E-state index contributed by atoms with van der Waals surface area (Å²) in [6.45, 7) is 1.18. The number of likely N-dealkylation sites (N-methyl/N-ethyl adjacent to an activating group) is 1. The van der Waals surface area contributed by atoms with Crippen molar-refractivity contribution in [2.45, 2.75) is 6.92 Å². The molecule has 1 fully saturated rings. The summed E-state index contributed by atoms with van der Waals surface area (Å²) in [6, 6.07) is 11.8. The minimum atomic E-state index is -0.961. The molecule has 170 valence electrons. The molecule has 11 nitrogen and oxygen atoms in total. The van der Waals surface area contributed by atoms with Crippen LogP contribution in [0.25, 0.3) is 6.08 Å². The summed E-state index contributed by atoms with van der Waals surface area (Å²) in [5, 5.41) is 11.1. The fourth-order valence-corrected chi connectivity index (χ4v) is 3.43. The van der Waals surface area contributed by atoms with Crippen LogP contribution in [-0.2, 0) is 14.4 Å². The average molecular weight is 460 g/mol. The normalized spacial score (nSPS) is 19.1. The number of nitro benzene ring substituents is 1. The number of rotatable bonds is 3. The van der Waals surface area contributed by atoms with Crippen LogP contribution in [0.3, 0.4) is 0 Å². The largest absolute Gasteiger partial charge is 0.422 e. The van der Waals surface area contributed by atoms with Gasteiger partial charge < -0.3 is 9.64 Å². The number of hydrogen-bond donors (Lipinski definition) is 0. The number of aliphatic imine (C=N–C) groups is 1. The van der Waals surface area contributed by atoms with Crippen molar-refractivity contribution in [3.63, 3.8) is 0 Å². The van der Waals surface area contributed by atoms with Gasteiger partial charge in [0, 0.05) is 32.3 Å². The van der Waals surface area contributed by atoms with Gasteiger partial charge in [0.15, 0.2) is 0 Å². The van der Waals surface area contributed by atoms with Crippen LogP contribution in [0.4, 0.5) is 5.69 Å². The Bertz CT molecular complexity index is 1370. The number of nitrogens with zero attached hydrogens (tertiary/aromatic N) is 4. The van der Waals surface area contributed by atoms with E-state index in [0.29, 0.717) is 5.56 Å². The summed E-state index contributed by atoms with van der Waals surface area (Å²) >= 11 is 0. The van der Waals surface area contributed by atoms with Crippen molar-refractivity contribution >= 4 is 41.3 Å². The Morgan fingerprint density at radius 3 is 2.56 bits per heavy atom. The second kappa shape index (κ2) is 8.54. The van der Waals surface area contributed by atoms with Crippen LogP contribution in [0.5, 0.6) is 5.75 Å². The Balaban J connectivity index is 1.79. The highest BCUT2D eigenvalue weighted by atomic mass is 16.6. The first-order valence-corrected chi connectivity index (χ1v) is 9.88. The highest BCUT2D eigenvalue weighted by Gasteiger charge is 2.39. The second-order valence-electron chi connectivity index (χ2n) is 7.30. The summed E-state index contributed by atoms with van der Waals surface area (Å²) in [6.07, 6.45) is 2.36. The molecular formula is C23H16N4O7. The van der Waals surface area contributed by atoms with Crippen molar-refractivity contribution in [3.05, 3.63) is 87.2 Å². The van der Waals surface area contributed by atoms with E-state index in [0.717, 1.165) is 11.1 Å². The zero-order chi connectivity index (χ0) is 24.6. The number of amides is 2. The monoisotopic (exact) mass is 460 g/mol. The third kappa shape index (κ3) is 3.97. The topological polar surface area (TPSA) is 139 Å². The standard InChI is InChI=1S/C23H16N4O7/c1-13(28)24-23-25(2)18(11-14-6-5-7-15(10-14)27(32)33)21(30)26(23)12-17-20(29)16-8-3-4-9-19(16)34-22(17)31/h3-12H,1-2H3/b17-12-,18-11-,24-23?. The van der Waals surface area contributed by atoms with Crippen molar-refractivity contribution in [3.8, 4) is 5.75 Å². The van der Waals surface area contributed by atoms with E-state index in [-0.39, 0.29) is 28.7 Å². The molecule has 0 aliphatic carbocycles. The lowest BCUT2D eigenvalue weighted by molar-refractivity contribution is -0.384. The van der Waals surface area contributed by atoms with Crippen LogP contribution in [0.2, 0.25) is 0 Å². The van der Waals surface area contributed by atoms with E-state index >= 15 is 0 Å². The van der Waals surface area contributed by atoms with Gasteiger partial charge in [-0.3, -0.25) is 29.4 Å². The van der Waals surface area contributed by atoms with Gasteiger partial charge in [0.25, 0.3) is 11.6 Å². The molecular weight excluding hydrogens is 444 g/mol. The summed E-state index contributed by atoms with van der Waals surface area (Å²) in [5.41, 5.74) is -0.0927. The van der Waals surface area contributed by atoms with Gasteiger partial charge in [-0.25, -0.2) is 4.79 Å². The van der Waals surface area contributed by atoms with E-state index in [2.05, 4.69) is 4.99 Å². The molecule has 2 aliphatic rings. The Kier molecular flexibility index (Phi) is 5.60. The number of hydrogen-bond acceptors (Lipinski definition) is 7. The quantitative estimate of drug-likeness (QED) is 0.170. The summed E-state index contributed by atoms with van der Waals surface area (Å²) in [4.78, 5) is 66.9. The van der Waals surface area contributed by atoms with Crippen molar-refractivity contribution in [1.29, 1.82) is 0 Å². The Morgan fingerprint density at radius 1 is 1.12 bits per heavy atom. The number of carbonyl (C=O) groups is 4. The highest BCUT2D eigenvalue weighted by molar-refractivity contribution is 6.28. The molecule has 0 bridgehead atoms. The molecule has 34 heavy (non-hydrogen) atoms. The summed E-state index contributed by atoms with van der Waals surface area (Å²) in [7, 11) is 1.46. The van der Waals surface area contributed by atoms with Crippen molar-refractivity contribution < 1.29 is 28.8 Å². The minimum absolute atomic E-state index is 0.00868. The maximum absolute atomic E-state index is 13.2. The minimum Gasteiger partial charge on any atom is -0.422 e. The Labute approximate surface area is 192 Å². The predicted octanol–water partition coefficient (Wildman–Crippen LogP) is 2.30. The number of Topliss-reactive ketones (excluding diaryl/α,β-unsaturated/α-hetero) is 1. The molecule has 0 saturated carbocycles. The zero-order valence-corrected chi connectivity index (χ0v) is 17.9. The van der Waals surface area contributed by atoms with Gasteiger partial charge in [-0.1, -0.05) is 24.3 Å². The van der Waals surface area contributed by atoms with E-state index < -0.39 is 34.1 Å². The maximum atomic E-state index is 13.2. The first kappa shape index (κ1) is 22.3. The molecule has 0 spiro atoms. The molecule has 0 radical (unpaired) electrons. The fourth-order valence-electron chi connectivity index (χ4n) is 3.43. The number of ether oxygens (including phenoxy) is 1. The SMILES string of the molecule is CC(=O)N=C1N(/C=C2\C(=O)Oc3ccccc3C2=O)C(=O)/C(=C/c2cccc([N+](=O)[O-])c2)N1C.